The maximum absolute atomic E-state index is 13.2. The molecule has 0 radical (unpaired) electrons. The van der Waals surface area contributed by atoms with Crippen LogP contribution in [-0.2, 0) is 0 Å². The molecule has 4 heteroatoms. The second-order valence-electron chi connectivity index (χ2n) is 5.30. The zero-order chi connectivity index (χ0) is 12.4. The van der Waals surface area contributed by atoms with E-state index in [9.17, 15) is 4.39 Å². The number of rotatable bonds is 4. The van der Waals surface area contributed by atoms with Gasteiger partial charge in [0.05, 0.1) is 19.6 Å². The van der Waals surface area contributed by atoms with Gasteiger partial charge in [0.25, 0.3) is 0 Å². The third kappa shape index (κ3) is 3.44. The minimum absolute atomic E-state index is 0.208. The number of nitrogens with zero attached hydrogens (tertiary/aromatic N) is 1. The molecule has 0 atom stereocenters. The van der Waals surface area contributed by atoms with E-state index in [-0.39, 0.29) is 11.4 Å². The van der Waals surface area contributed by atoms with Crippen molar-refractivity contribution in [1.82, 2.24) is 9.32 Å². The molecular weight excluding hydrogens is 227 g/mol. The molecule has 0 aliphatic rings. The molecular formula is C12H19ClFN2+. The van der Waals surface area contributed by atoms with Crippen molar-refractivity contribution in [2.75, 3.05) is 20.6 Å². The molecule has 16 heavy (non-hydrogen) atoms. The van der Waals surface area contributed by atoms with E-state index in [1.807, 2.05) is 34.0 Å². The molecule has 1 rings (SSSR count). The van der Waals surface area contributed by atoms with Crippen molar-refractivity contribution in [2.24, 2.45) is 0 Å². The highest BCUT2D eigenvalue weighted by Gasteiger charge is 2.29. The lowest BCUT2D eigenvalue weighted by atomic mass is 10.1. The largest absolute Gasteiger partial charge is 0.294 e. The average Bonchev–Trinajstić information content (AvgIpc) is 2.16. The standard InChI is InChI=1S/C12H19ClFN2/c1-12(2,15-13)9-16(3,4)11-7-5-6-10(14)8-11/h5-8,15H,9H2,1-4H3/q+1. The molecule has 0 heterocycles. The fourth-order valence-corrected chi connectivity index (χ4v) is 2.02. The molecule has 0 fully saturated rings. The van der Waals surface area contributed by atoms with Crippen molar-refractivity contribution in [3.63, 3.8) is 0 Å². The molecule has 1 aromatic rings. The van der Waals surface area contributed by atoms with Gasteiger partial charge < -0.3 is 0 Å². The van der Waals surface area contributed by atoms with Crippen LogP contribution in [0.5, 0.6) is 0 Å². The van der Waals surface area contributed by atoms with Gasteiger partial charge >= 0.3 is 0 Å². The van der Waals surface area contributed by atoms with E-state index in [1.54, 1.807) is 12.1 Å². The molecule has 0 aromatic heterocycles. The lowest BCUT2D eigenvalue weighted by molar-refractivity contribution is 0.298. The van der Waals surface area contributed by atoms with E-state index < -0.39 is 0 Å². The monoisotopic (exact) mass is 245 g/mol. The Hall–Kier alpha value is -0.640. The summed E-state index contributed by atoms with van der Waals surface area (Å²) in [6, 6.07) is 6.66. The summed E-state index contributed by atoms with van der Waals surface area (Å²) in [6.45, 7) is 4.79. The highest BCUT2D eigenvalue weighted by molar-refractivity contribution is 6.13. The minimum Gasteiger partial charge on any atom is -0.294 e. The van der Waals surface area contributed by atoms with E-state index >= 15 is 0 Å². The summed E-state index contributed by atoms with van der Waals surface area (Å²) >= 11 is 5.68. The van der Waals surface area contributed by atoms with Crippen molar-refractivity contribution in [3.05, 3.63) is 30.1 Å². The van der Waals surface area contributed by atoms with Crippen molar-refractivity contribution >= 4 is 17.5 Å². The Morgan fingerprint density at radius 2 is 2.00 bits per heavy atom. The van der Waals surface area contributed by atoms with E-state index in [2.05, 4.69) is 4.84 Å². The number of halogens is 2. The number of likely N-dealkylation sites (N-methyl/N-ethyl adjacent to an activating group) is 1. The van der Waals surface area contributed by atoms with Crippen LogP contribution in [0.15, 0.2) is 24.3 Å². The summed E-state index contributed by atoms with van der Waals surface area (Å²) in [5, 5.41) is 0. The van der Waals surface area contributed by atoms with Gasteiger partial charge in [0.2, 0.25) is 0 Å². The van der Waals surface area contributed by atoms with Crippen LogP contribution in [0.1, 0.15) is 13.8 Å². The minimum atomic E-state index is -0.211. The molecule has 1 N–H and O–H groups in total. The third-order valence-electron chi connectivity index (χ3n) is 2.55. The number of hydrogen-bond acceptors (Lipinski definition) is 1. The second-order valence-corrected chi connectivity index (χ2v) is 5.49. The molecule has 0 aliphatic carbocycles. The van der Waals surface area contributed by atoms with Crippen LogP contribution in [0.2, 0.25) is 0 Å². The first-order valence-electron chi connectivity index (χ1n) is 5.24. The highest BCUT2D eigenvalue weighted by atomic mass is 35.5. The van der Waals surface area contributed by atoms with Gasteiger partial charge in [-0.3, -0.25) is 4.48 Å². The molecule has 0 spiro atoms. The Kier molecular flexibility index (Phi) is 3.94. The van der Waals surface area contributed by atoms with E-state index in [4.69, 9.17) is 11.8 Å². The maximum atomic E-state index is 13.2. The molecule has 1 aromatic carbocycles. The predicted octanol–water partition coefficient (Wildman–Crippen LogP) is 2.91. The van der Waals surface area contributed by atoms with Gasteiger partial charge in [-0.2, -0.15) is 0 Å². The molecule has 0 amide bonds. The van der Waals surface area contributed by atoms with E-state index in [0.29, 0.717) is 4.48 Å². The quantitative estimate of drug-likeness (QED) is 0.635. The molecule has 0 unspecified atom stereocenters. The molecule has 0 aliphatic heterocycles. The Balaban J connectivity index is 2.93. The van der Waals surface area contributed by atoms with Crippen LogP contribution in [0, 0.1) is 5.82 Å². The summed E-state index contributed by atoms with van der Waals surface area (Å²) in [4.78, 5) is 2.74. The van der Waals surface area contributed by atoms with Gasteiger partial charge in [0.15, 0.2) is 0 Å². The molecule has 2 nitrogen and oxygen atoms in total. The van der Waals surface area contributed by atoms with Crippen LogP contribution in [-0.4, -0.2) is 26.2 Å². The normalized spacial score (nSPS) is 12.9. The zero-order valence-corrected chi connectivity index (χ0v) is 11.0. The van der Waals surface area contributed by atoms with Crippen LogP contribution < -0.4 is 9.32 Å². The number of benzene rings is 1. The summed E-state index contributed by atoms with van der Waals surface area (Å²) < 4.78 is 13.7. The topological polar surface area (TPSA) is 12.0 Å². The first-order valence-corrected chi connectivity index (χ1v) is 5.62. The number of hydrogen-bond donors (Lipinski definition) is 1. The average molecular weight is 246 g/mol. The van der Waals surface area contributed by atoms with Gasteiger partial charge in [-0.05, 0) is 37.8 Å². The molecule has 90 valence electrons. The van der Waals surface area contributed by atoms with Crippen LogP contribution >= 0.6 is 11.8 Å². The Morgan fingerprint density at radius 1 is 1.38 bits per heavy atom. The van der Waals surface area contributed by atoms with Gasteiger partial charge in [-0.15, -0.1) is 0 Å². The zero-order valence-electron chi connectivity index (χ0n) is 10.2. The predicted molar refractivity (Wildman–Crippen MR) is 68.0 cm³/mol. The fraction of sp³-hybridized carbons (Fsp3) is 0.500. The summed E-state index contributed by atoms with van der Waals surface area (Å²) in [5.74, 6) is -0.208. The maximum Gasteiger partial charge on any atom is 0.135 e. The first kappa shape index (κ1) is 13.4. The number of quaternary nitrogens is 1. The van der Waals surface area contributed by atoms with Crippen LogP contribution in [0.4, 0.5) is 10.1 Å². The van der Waals surface area contributed by atoms with E-state index in [1.165, 1.54) is 6.07 Å². The van der Waals surface area contributed by atoms with Gasteiger partial charge in [-0.25, -0.2) is 9.23 Å². The Morgan fingerprint density at radius 3 is 2.50 bits per heavy atom. The fourth-order valence-electron chi connectivity index (χ4n) is 1.96. The summed E-state index contributed by atoms with van der Waals surface area (Å²) in [5.41, 5.74) is 0.720. The summed E-state index contributed by atoms with van der Waals surface area (Å²) in [6.07, 6.45) is 0. The van der Waals surface area contributed by atoms with Gasteiger partial charge in [0.1, 0.15) is 18.0 Å². The highest BCUT2D eigenvalue weighted by Crippen LogP contribution is 2.22. The van der Waals surface area contributed by atoms with Gasteiger partial charge in [-0.1, -0.05) is 6.07 Å². The van der Waals surface area contributed by atoms with Gasteiger partial charge in [0, 0.05) is 6.07 Å². The first-order chi connectivity index (χ1) is 7.27. The van der Waals surface area contributed by atoms with Crippen molar-refractivity contribution in [3.8, 4) is 0 Å². The molecule has 0 bridgehead atoms. The lowest BCUT2D eigenvalue weighted by Crippen LogP contribution is -2.54. The van der Waals surface area contributed by atoms with Crippen LogP contribution in [0.3, 0.4) is 0 Å². The second kappa shape index (κ2) is 4.70. The Bertz CT molecular complexity index is 364. The number of nitrogens with one attached hydrogen (secondary N) is 1. The smallest absolute Gasteiger partial charge is 0.135 e. The van der Waals surface area contributed by atoms with Crippen LogP contribution in [0.25, 0.3) is 0 Å². The van der Waals surface area contributed by atoms with Crippen molar-refractivity contribution < 1.29 is 4.39 Å². The lowest BCUT2D eigenvalue weighted by Gasteiger charge is -2.36. The Labute approximate surface area is 102 Å². The molecule has 0 saturated carbocycles. The molecule has 0 saturated heterocycles. The van der Waals surface area contributed by atoms with Crippen molar-refractivity contribution in [2.45, 2.75) is 19.4 Å². The van der Waals surface area contributed by atoms with E-state index in [0.717, 1.165) is 12.2 Å². The van der Waals surface area contributed by atoms with Crippen molar-refractivity contribution in [1.29, 1.82) is 0 Å². The summed E-state index contributed by atoms with van der Waals surface area (Å²) in [7, 11) is 4.06. The third-order valence-corrected chi connectivity index (χ3v) is 3.07. The SMILES string of the molecule is CC(C)(C[N+](C)(C)c1cccc(F)c1)NCl.